The smallest absolute Gasteiger partial charge is 0.0447 e. The van der Waals surface area contributed by atoms with Crippen molar-refractivity contribution in [3.05, 3.63) is 59.7 Å². The summed E-state index contributed by atoms with van der Waals surface area (Å²) in [4.78, 5) is 8.52. The summed E-state index contributed by atoms with van der Waals surface area (Å²) in [7, 11) is 0. The Kier molecular flexibility index (Phi) is 2.54. The van der Waals surface area contributed by atoms with Gasteiger partial charge < -0.3 is 0 Å². The molecule has 2 heterocycles. The second-order valence-electron chi connectivity index (χ2n) is 3.31. The summed E-state index contributed by atoms with van der Waals surface area (Å²) in [6.07, 6.45) is 4.58. The third-order valence-electron chi connectivity index (χ3n) is 2.08. The van der Waals surface area contributed by atoms with Crippen molar-refractivity contribution in [1.29, 1.82) is 0 Å². The molecule has 0 amide bonds. The fourth-order valence-corrected chi connectivity index (χ4v) is 1.31. The monoisotopic (exact) mass is 184 g/mol. The van der Waals surface area contributed by atoms with Crippen LogP contribution in [0.3, 0.4) is 0 Å². The number of aryl methyl sites for hydroxylation is 1. The van der Waals surface area contributed by atoms with Crippen molar-refractivity contribution in [1.82, 2.24) is 9.97 Å². The first-order valence-corrected chi connectivity index (χ1v) is 4.66. The normalized spacial score (nSPS) is 10.1. The van der Waals surface area contributed by atoms with Crippen molar-refractivity contribution in [3.63, 3.8) is 0 Å². The van der Waals surface area contributed by atoms with Gasteiger partial charge in [0, 0.05) is 30.2 Å². The molecule has 0 saturated heterocycles. The van der Waals surface area contributed by atoms with E-state index in [0.717, 1.165) is 17.8 Å². The molecule has 0 aliphatic rings. The Morgan fingerprint density at radius 2 is 2.00 bits per heavy atom. The number of pyridine rings is 2. The molecule has 0 fully saturated rings. The first-order chi connectivity index (χ1) is 6.84. The molecule has 0 bridgehead atoms. The highest BCUT2D eigenvalue weighted by Gasteiger charge is 1.96. The van der Waals surface area contributed by atoms with Gasteiger partial charge in [0.2, 0.25) is 0 Å². The van der Waals surface area contributed by atoms with Crippen molar-refractivity contribution in [2.75, 3.05) is 0 Å². The van der Waals surface area contributed by atoms with Crippen molar-refractivity contribution in [3.8, 4) is 0 Å². The highest BCUT2D eigenvalue weighted by Crippen LogP contribution is 2.05. The van der Waals surface area contributed by atoms with Crippen LogP contribution in [0.1, 0.15) is 17.0 Å². The van der Waals surface area contributed by atoms with Crippen LogP contribution in [0, 0.1) is 6.92 Å². The molecule has 0 aliphatic heterocycles. The van der Waals surface area contributed by atoms with Crippen LogP contribution in [-0.2, 0) is 6.42 Å². The highest BCUT2D eigenvalue weighted by atomic mass is 14.7. The SMILES string of the molecule is Cc1ccc(Cc2ccccn2)cn1. The lowest BCUT2D eigenvalue weighted by atomic mass is 10.1. The topological polar surface area (TPSA) is 25.8 Å². The lowest BCUT2D eigenvalue weighted by molar-refractivity contribution is 1.05. The van der Waals surface area contributed by atoms with E-state index in [0.29, 0.717) is 0 Å². The third-order valence-corrected chi connectivity index (χ3v) is 2.08. The molecule has 0 aromatic carbocycles. The molecule has 0 radical (unpaired) electrons. The van der Waals surface area contributed by atoms with Crippen LogP contribution in [0.25, 0.3) is 0 Å². The molecule has 70 valence electrons. The van der Waals surface area contributed by atoms with E-state index in [1.807, 2.05) is 43.6 Å². The Balaban J connectivity index is 2.16. The van der Waals surface area contributed by atoms with Crippen LogP contribution in [0.5, 0.6) is 0 Å². The summed E-state index contributed by atoms with van der Waals surface area (Å²) in [5.74, 6) is 0. The predicted molar refractivity (Wildman–Crippen MR) is 56.0 cm³/mol. The Morgan fingerprint density at radius 3 is 2.64 bits per heavy atom. The Hall–Kier alpha value is -1.70. The molecule has 2 heteroatoms. The standard InChI is InChI=1S/C12H12N2/c1-10-5-6-11(9-14-10)8-12-4-2-3-7-13-12/h2-7,9H,8H2,1H3. The van der Waals surface area contributed by atoms with Crippen LogP contribution >= 0.6 is 0 Å². The van der Waals surface area contributed by atoms with E-state index in [4.69, 9.17) is 0 Å². The van der Waals surface area contributed by atoms with Crippen LogP contribution in [-0.4, -0.2) is 9.97 Å². The van der Waals surface area contributed by atoms with Gasteiger partial charge in [-0.05, 0) is 30.7 Å². The van der Waals surface area contributed by atoms with Crippen molar-refractivity contribution >= 4 is 0 Å². The summed E-state index contributed by atoms with van der Waals surface area (Å²) in [6.45, 7) is 1.99. The van der Waals surface area contributed by atoms with Crippen LogP contribution in [0.15, 0.2) is 42.7 Å². The van der Waals surface area contributed by atoms with Crippen LogP contribution in [0.2, 0.25) is 0 Å². The molecule has 0 N–H and O–H groups in total. The van der Waals surface area contributed by atoms with Gasteiger partial charge in [-0.25, -0.2) is 0 Å². The second kappa shape index (κ2) is 4.01. The molecule has 2 rings (SSSR count). The number of hydrogen-bond acceptors (Lipinski definition) is 2. The van der Waals surface area contributed by atoms with Gasteiger partial charge in [0.25, 0.3) is 0 Å². The number of nitrogens with zero attached hydrogens (tertiary/aromatic N) is 2. The summed E-state index contributed by atoms with van der Waals surface area (Å²) in [5, 5.41) is 0. The van der Waals surface area contributed by atoms with Gasteiger partial charge in [0.05, 0.1) is 0 Å². The Bertz CT molecular complexity index is 392. The minimum Gasteiger partial charge on any atom is -0.261 e. The van der Waals surface area contributed by atoms with E-state index in [1.54, 1.807) is 0 Å². The zero-order valence-corrected chi connectivity index (χ0v) is 8.14. The molecule has 0 aliphatic carbocycles. The average molecular weight is 184 g/mol. The van der Waals surface area contributed by atoms with E-state index < -0.39 is 0 Å². The van der Waals surface area contributed by atoms with Gasteiger partial charge in [-0.1, -0.05) is 12.1 Å². The fraction of sp³-hybridized carbons (Fsp3) is 0.167. The highest BCUT2D eigenvalue weighted by molar-refractivity contribution is 5.19. The van der Waals surface area contributed by atoms with E-state index in [9.17, 15) is 0 Å². The third kappa shape index (κ3) is 2.16. The van der Waals surface area contributed by atoms with Gasteiger partial charge in [0.1, 0.15) is 0 Å². The van der Waals surface area contributed by atoms with Gasteiger partial charge in [0.15, 0.2) is 0 Å². The summed E-state index contributed by atoms with van der Waals surface area (Å²) in [5.41, 5.74) is 3.34. The molecule has 2 aromatic heterocycles. The fourth-order valence-electron chi connectivity index (χ4n) is 1.31. The minimum absolute atomic E-state index is 0.855. The van der Waals surface area contributed by atoms with Crippen LogP contribution in [0.4, 0.5) is 0 Å². The largest absolute Gasteiger partial charge is 0.261 e. The minimum atomic E-state index is 0.855. The van der Waals surface area contributed by atoms with Crippen molar-refractivity contribution in [2.45, 2.75) is 13.3 Å². The quantitative estimate of drug-likeness (QED) is 0.716. The molecule has 0 unspecified atom stereocenters. The average Bonchev–Trinajstić information content (AvgIpc) is 2.23. The summed E-state index contributed by atoms with van der Waals surface area (Å²) in [6, 6.07) is 10.1. The first kappa shape index (κ1) is 8.88. The second-order valence-corrected chi connectivity index (χ2v) is 3.31. The van der Waals surface area contributed by atoms with E-state index in [1.165, 1.54) is 5.56 Å². The molecule has 0 atom stereocenters. The van der Waals surface area contributed by atoms with Crippen molar-refractivity contribution in [2.24, 2.45) is 0 Å². The predicted octanol–water partition coefficient (Wildman–Crippen LogP) is 2.38. The number of rotatable bonds is 2. The van der Waals surface area contributed by atoms with Gasteiger partial charge in [-0.2, -0.15) is 0 Å². The molecular formula is C12H12N2. The maximum absolute atomic E-state index is 4.27. The maximum Gasteiger partial charge on any atom is 0.0447 e. The van der Waals surface area contributed by atoms with Gasteiger partial charge in [-0.15, -0.1) is 0 Å². The zero-order valence-electron chi connectivity index (χ0n) is 8.14. The molecule has 0 saturated carbocycles. The molecule has 2 aromatic rings. The Labute approximate surface area is 83.7 Å². The van der Waals surface area contributed by atoms with Gasteiger partial charge >= 0.3 is 0 Å². The molecule has 14 heavy (non-hydrogen) atoms. The molecule has 0 spiro atoms. The molecule has 2 nitrogen and oxygen atoms in total. The molecular weight excluding hydrogens is 172 g/mol. The summed E-state index contributed by atoms with van der Waals surface area (Å²) < 4.78 is 0. The Morgan fingerprint density at radius 1 is 1.07 bits per heavy atom. The maximum atomic E-state index is 4.27. The zero-order chi connectivity index (χ0) is 9.80. The number of hydrogen-bond donors (Lipinski definition) is 0. The van der Waals surface area contributed by atoms with Crippen LogP contribution < -0.4 is 0 Å². The van der Waals surface area contributed by atoms with E-state index in [2.05, 4.69) is 16.0 Å². The van der Waals surface area contributed by atoms with Crippen molar-refractivity contribution < 1.29 is 0 Å². The van der Waals surface area contributed by atoms with E-state index in [-0.39, 0.29) is 0 Å². The first-order valence-electron chi connectivity index (χ1n) is 4.66. The lowest BCUT2D eigenvalue weighted by Crippen LogP contribution is -1.92. The lowest BCUT2D eigenvalue weighted by Gasteiger charge is -2.00. The van der Waals surface area contributed by atoms with Gasteiger partial charge in [-0.3, -0.25) is 9.97 Å². The number of aromatic nitrogens is 2. The summed E-state index contributed by atoms with van der Waals surface area (Å²) >= 11 is 0. The van der Waals surface area contributed by atoms with E-state index >= 15 is 0 Å².